The van der Waals surface area contributed by atoms with Crippen LogP contribution in [-0.4, -0.2) is 93.2 Å². The van der Waals surface area contributed by atoms with Crippen LogP contribution in [0.25, 0.3) is 0 Å². The lowest BCUT2D eigenvalue weighted by Crippen LogP contribution is -2.46. The van der Waals surface area contributed by atoms with E-state index in [0.29, 0.717) is 32.9 Å². The number of rotatable bonds is 5. The Kier molecular flexibility index (Phi) is 6.15. The molecule has 10 nitrogen and oxygen atoms in total. The van der Waals surface area contributed by atoms with E-state index in [1.807, 2.05) is 6.92 Å². The zero-order valence-electron chi connectivity index (χ0n) is 15.0. The van der Waals surface area contributed by atoms with Crippen LogP contribution in [0.1, 0.15) is 17.4 Å². The minimum absolute atomic E-state index is 0.0232. The molecule has 2 aliphatic rings. The average molecular weight is 401 g/mol. The second-order valence-electron chi connectivity index (χ2n) is 6.36. The quantitative estimate of drug-likeness (QED) is 0.657. The molecule has 1 aromatic rings. The van der Waals surface area contributed by atoms with E-state index in [2.05, 4.69) is 4.98 Å². The van der Waals surface area contributed by atoms with Gasteiger partial charge in [0.1, 0.15) is 10.6 Å². The molecule has 0 aliphatic carbocycles. The maximum Gasteiger partial charge on any atom is 0.355 e. The fourth-order valence-electron chi connectivity index (χ4n) is 2.92. The van der Waals surface area contributed by atoms with Gasteiger partial charge < -0.3 is 24.1 Å². The highest BCUT2D eigenvalue weighted by atomic mass is 32.2. The van der Waals surface area contributed by atoms with E-state index in [9.17, 15) is 18.0 Å². The zero-order valence-corrected chi connectivity index (χ0v) is 15.9. The summed E-state index contributed by atoms with van der Waals surface area (Å²) in [7, 11) is -3.70. The Balaban J connectivity index is 1.57. The first kappa shape index (κ1) is 19.8. The van der Waals surface area contributed by atoms with Crippen LogP contribution in [0.3, 0.4) is 0 Å². The van der Waals surface area contributed by atoms with Crippen molar-refractivity contribution in [3.63, 3.8) is 0 Å². The summed E-state index contributed by atoms with van der Waals surface area (Å²) in [6.07, 6.45) is 1.18. The Labute approximate surface area is 157 Å². The number of carbonyl (C=O) groups excluding carboxylic acids is 2. The standard InChI is InChI=1S/C16H23N3O7S/c1-12-10-18(2-7-25-12)15(20)11-26-16(21)14-8-13(9-17-14)27(22,23)19-3-5-24-6-4-19/h8-9,12,17H,2-7,10-11H2,1H3. The van der Waals surface area contributed by atoms with Crippen molar-refractivity contribution < 1.29 is 32.2 Å². The summed E-state index contributed by atoms with van der Waals surface area (Å²) in [6.45, 7) is 3.99. The van der Waals surface area contributed by atoms with E-state index >= 15 is 0 Å². The molecule has 11 heteroatoms. The van der Waals surface area contributed by atoms with Crippen molar-refractivity contribution in [1.29, 1.82) is 0 Å². The third kappa shape index (κ3) is 4.67. The molecule has 0 aromatic carbocycles. The van der Waals surface area contributed by atoms with Gasteiger partial charge >= 0.3 is 5.97 Å². The average Bonchev–Trinajstić information content (AvgIpc) is 3.18. The number of nitrogens with zero attached hydrogens (tertiary/aromatic N) is 2. The monoisotopic (exact) mass is 401 g/mol. The summed E-state index contributed by atoms with van der Waals surface area (Å²) in [5.74, 6) is -1.10. The molecule has 150 valence electrons. The van der Waals surface area contributed by atoms with E-state index in [1.54, 1.807) is 4.90 Å². The maximum absolute atomic E-state index is 12.6. The number of aromatic nitrogens is 1. The lowest BCUT2D eigenvalue weighted by molar-refractivity contribution is -0.141. The van der Waals surface area contributed by atoms with E-state index in [-0.39, 0.29) is 35.7 Å². The number of ether oxygens (including phenoxy) is 3. The van der Waals surface area contributed by atoms with Gasteiger partial charge in [-0.25, -0.2) is 13.2 Å². The molecule has 1 aromatic heterocycles. The van der Waals surface area contributed by atoms with Gasteiger partial charge in [-0.15, -0.1) is 0 Å². The third-order valence-electron chi connectivity index (χ3n) is 4.40. The van der Waals surface area contributed by atoms with Gasteiger partial charge in [0, 0.05) is 32.4 Å². The van der Waals surface area contributed by atoms with Gasteiger partial charge in [-0.3, -0.25) is 4.79 Å². The SMILES string of the molecule is CC1CN(C(=O)COC(=O)c2cc(S(=O)(=O)N3CCOCC3)c[nH]2)CCO1. The van der Waals surface area contributed by atoms with Crippen molar-refractivity contribution in [2.75, 3.05) is 52.6 Å². The number of hydrogen-bond acceptors (Lipinski definition) is 7. The number of hydrogen-bond donors (Lipinski definition) is 1. The Morgan fingerprint density at radius 1 is 1.26 bits per heavy atom. The smallest absolute Gasteiger partial charge is 0.355 e. The predicted molar refractivity (Wildman–Crippen MR) is 92.6 cm³/mol. The van der Waals surface area contributed by atoms with Gasteiger partial charge in [-0.1, -0.05) is 0 Å². The Hall–Kier alpha value is -1.95. The molecule has 1 atom stereocenters. The fourth-order valence-corrected chi connectivity index (χ4v) is 4.32. The molecule has 2 aliphatic heterocycles. The minimum atomic E-state index is -3.70. The Morgan fingerprint density at radius 2 is 2.00 bits per heavy atom. The van der Waals surface area contributed by atoms with E-state index in [4.69, 9.17) is 14.2 Å². The molecule has 3 rings (SSSR count). The molecule has 2 fully saturated rings. The normalized spacial score (nSPS) is 21.8. The molecule has 1 unspecified atom stereocenters. The first-order valence-corrected chi connectivity index (χ1v) is 10.1. The predicted octanol–water partition coefficient (Wildman–Crippen LogP) is -0.560. The summed E-state index contributed by atoms with van der Waals surface area (Å²) < 4.78 is 41.9. The molecular weight excluding hydrogens is 378 g/mol. The number of H-pyrrole nitrogens is 1. The molecule has 2 saturated heterocycles. The van der Waals surface area contributed by atoms with Crippen molar-refractivity contribution in [3.05, 3.63) is 18.0 Å². The zero-order chi connectivity index (χ0) is 19.4. The number of carbonyl (C=O) groups is 2. The molecule has 0 radical (unpaired) electrons. The molecule has 1 amide bonds. The molecule has 3 heterocycles. The minimum Gasteiger partial charge on any atom is -0.451 e. The van der Waals surface area contributed by atoms with Crippen molar-refractivity contribution in [3.8, 4) is 0 Å². The topological polar surface area (TPSA) is 118 Å². The van der Waals surface area contributed by atoms with Crippen LogP contribution in [0.5, 0.6) is 0 Å². The van der Waals surface area contributed by atoms with Gasteiger partial charge in [-0.05, 0) is 13.0 Å². The Bertz CT molecular complexity index is 786. The molecule has 1 N–H and O–H groups in total. The largest absolute Gasteiger partial charge is 0.451 e. The van der Waals surface area contributed by atoms with Gasteiger partial charge in [-0.2, -0.15) is 4.31 Å². The van der Waals surface area contributed by atoms with E-state index in [0.717, 1.165) is 0 Å². The molecular formula is C16H23N3O7S. The summed E-state index contributed by atoms with van der Waals surface area (Å²) in [6, 6.07) is 1.22. The van der Waals surface area contributed by atoms with Crippen LogP contribution in [0, 0.1) is 0 Å². The van der Waals surface area contributed by atoms with Crippen LogP contribution >= 0.6 is 0 Å². The van der Waals surface area contributed by atoms with Gasteiger partial charge in [0.05, 0.1) is 25.9 Å². The van der Waals surface area contributed by atoms with Gasteiger partial charge in [0.15, 0.2) is 6.61 Å². The summed E-state index contributed by atoms with van der Waals surface area (Å²) in [4.78, 5) is 28.4. The van der Waals surface area contributed by atoms with Crippen molar-refractivity contribution in [2.24, 2.45) is 0 Å². The highest BCUT2D eigenvalue weighted by Gasteiger charge is 2.28. The molecule has 0 spiro atoms. The van der Waals surface area contributed by atoms with Crippen LogP contribution in [0.15, 0.2) is 17.2 Å². The van der Waals surface area contributed by atoms with Crippen molar-refractivity contribution in [1.82, 2.24) is 14.2 Å². The first-order valence-electron chi connectivity index (χ1n) is 8.71. The second kappa shape index (κ2) is 8.38. The lowest BCUT2D eigenvalue weighted by atomic mass is 10.3. The van der Waals surface area contributed by atoms with E-state index < -0.39 is 22.6 Å². The first-order chi connectivity index (χ1) is 12.9. The summed E-state index contributed by atoms with van der Waals surface area (Å²) >= 11 is 0. The number of morpholine rings is 2. The fraction of sp³-hybridized carbons (Fsp3) is 0.625. The number of aromatic amines is 1. The van der Waals surface area contributed by atoms with Crippen LogP contribution < -0.4 is 0 Å². The van der Waals surface area contributed by atoms with Crippen molar-refractivity contribution in [2.45, 2.75) is 17.9 Å². The van der Waals surface area contributed by atoms with Crippen LogP contribution in [0.2, 0.25) is 0 Å². The van der Waals surface area contributed by atoms with Gasteiger partial charge in [0.25, 0.3) is 5.91 Å². The van der Waals surface area contributed by atoms with Gasteiger partial charge in [0.2, 0.25) is 10.0 Å². The number of esters is 1. The summed E-state index contributed by atoms with van der Waals surface area (Å²) in [5, 5.41) is 0. The highest BCUT2D eigenvalue weighted by molar-refractivity contribution is 7.89. The number of nitrogens with one attached hydrogen (secondary N) is 1. The number of amides is 1. The molecule has 0 bridgehead atoms. The van der Waals surface area contributed by atoms with Crippen LogP contribution in [0.4, 0.5) is 0 Å². The van der Waals surface area contributed by atoms with E-state index in [1.165, 1.54) is 16.6 Å². The second-order valence-corrected chi connectivity index (χ2v) is 8.30. The highest BCUT2D eigenvalue weighted by Crippen LogP contribution is 2.18. The summed E-state index contributed by atoms with van der Waals surface area (Å²) in [5.41, 5.74) is -0.0232. The maximum atomic E-state index is 12.6. The third-order valence-corrected chi connectivity index (χ3v) is 6.28. The molecule has 0 saturated carbocycles. The Morgan fingerprint density at radius 3 is 2.70 bits per heavy atom. The lowest BCUT2D eigenvalue weighted by Gasteiger charge is -2.30. The number of sulfonamides is 1. The molecule has 27 heavy (non-hydrogen) atoms. The van der Waals surface area contributed by atoms with Crippen LogP contribution in [-0.2, 0) is 29.0 Å². The van der Waals surface area contributed by atoms with Crippen molar-refractivity contribution >= 4 is 21.9 Å².